The number of aromatic nitrogens is 1. The minimum Gasteiger partial charge on any atom is -0.480 e. The van der Waals surface area contributed by atoms with Gasteiger partial charge in [0.1, 0.15) is 6.04 Å². The van der Waals surface area contributed by atoms with Crippen molar-refractivity contribution < 1.29 is 14.7 Å². The molecule has 2 saturated heterocycles. The number of carboxylic acid groups (broad SMARTS) is 1. The predicted molar refractivity (Wildman–Crippen MR) is 107 cm³/mol. The molecule has 6 nitrogen and oxygen atoms in total. The van der Waals surface area contributed by atoms with Gasteiger partial charge in [-0.25, -0.2) is 4.79 Å². The normalized spacial score (nSPS) is 23.9. The Morgan fingerprint density at radius 1 is 1.14 bits per heavy atom. The molecule has 5 rings (SSSR count). The SMILES string of the molecule is O=C(O)[C@@H]1CC2(CCNCC2)CN1C(=O)c1ccc2[nH]c3c(c2c1)CCCC3. The van der Waals surface area contributed by atoms with Crippen LogP contribution in [0.1, 0.15) is 53.7 Å². The van der Waals surface area contributed by atoms with Crippen molar-refractivity contribution in [3.8, 4) is 0 Å². The van der Waals surface area contributed by atoms with Crippen LogP contribution in [0.15, 0.2) is 18.2 Å². The van der Waals surface area contributed by atoms with Gasteiger partial charge in [-0.3, -0.25) is 4.79 Å². The second-order valence-electron chi connectivity index (χ2n) is 8.79. The molecule has 1 spiro atoms. The van der Waals surface area contributed by atoms with Gasteiger partial charge in [-0.15, -0.1) is 0 Å². The molecule has 3 heterocycles. The number of amides is 1. The Labute approximate surface area is 164 Å². The first kappa shape index (κ1) is 17.7. The minimum absolute atomic E-state index is 0.0542. The van der Waals surface area contributed by atoms with E-state index in [9.17, 15) is 14.7 Å². The van der Waals surface area contributed by atoms with Gasteiger partial charge in [0.05, 0.1) is 0 Å². The number of rotatable bonds is 2. The lowest BCUT2D eigenvalue weighted by Gasteiger charge is -2.33. The van der Waals surface area contributed by atoms with Crippen LogP contribution < -0.4 is 5.32 Å². The average Bonchev–Trinajstić information content (AvgIpc) is 3.26. The molecule has 1 aliphatic carbocycles. The van der Waals surface area contributed by atoms with Gasteiger partial charge in [0, 0.05) is 28.7 Å². The number of likely N-dealkylation sites (tertiary alicyclic amines) is 1. The fourth-order valence-corrected chi connectivity index (χ4v) is 5.51. The van der Waals surface area contributed by atoms with Gasteiger partial charge < -0.3 is 20.3 Å². The van der Waals surface area contributed by atoms with Crippen molar-refractivity contribution in [1.82, 2.24) is 15.2 Å². The summed E-state index contributed by atoms with van der Waals surface area (Å²) in [5, 5.41) is 14.3. The van der Waals surface area contributed by atoms with Crippen LogP contribution in [0.25, 0.3) is 10.9 Å². The maximum absolute atomic E-state index is 13.4. The van der Waals surface area contributed by atoms with Crippen LogP contribution in [0.5, 0.6) is 0 Å². The van der Waals surface area contributed by atoms with Crippen LogP contribution >= 0.6 is 0 Å². The van der Waals surface area contributed by atoms with Crippen LogP contribution in [-0.4, -0.2) is 52.5 Å². The Hall–Kier alpha value is -2.34. The molecule has 0 unspecified atom stereocenters. The third kappa shape index (κ3) is 2.82. The Balaban J connectivity index is 1.48. The summed E-state index contributed by atoms with van der Waals surface area (Å²) in [6.07, 6.45) is 6.94. The Morgan fingerprint density at radius 2 is 1.93 bits per heavy atom. The number of carbonyl (C=O) groups excluding carboxylic acids is 1. The number of nitrogens with one attached hydrogen (secondary N) is 2. The lowest BCUT2D eigenvalue weighted by atomic mass is 9.77. The summed E-state index contributed by atoms with van der Waals surface area (Å²) in [6.45, 7) is 2.35. The second-order valence-corrected chi connectivity index (χ2v) is 8.79. The Bertz CT molecular complexity index is 942. The highest BCUT2D eigenvalue weighted by Gasteiger charge is 2.49. The Morgan fingerprint density at radius 3 is 2.71 bits per heavy atom. The van der Waals surface area contributed by atoms with Gasteiger partial charge >= 0.3 is 5.97 Å². The van der Waals surface area contributed by atoms with Crippen molar-refractivity contribution in [3.05, 3.63) is 35.0 Å². The summed E-state index contributed by atoms with van der Waals surface area (Å²) in [4.78, 5) is 30.4. The van der Waals surface area contributed by atoms with Crippen molar-refractivity contribution in [2.45, 2.75) is 51.0 Å². The van der Waals surface area contributed by atoms with E-state index in [2.05, 4.69) is 10.3 Å². The summed E-state index contributed by atoms with van der Waals surface area (Å²) < 4.78 is 0. The number of piperidine rings is 1. The number of hydrogen-bond acceptors (Lipinski definition) is 3. The number of H-pyrrole nitrogens is 1. The molecule has 148 valence electrons. The molecular formula is C22H27N3O3. The van der Waals surface area contributed by atoms with Crippen LogP contribution in [0.2, 0.25) is 0 Å². The highest BCUT2D eigenvalue weighted by Crippen LogP contribution is 2.42. The molecule has 0 saturated carbocycles. The maximum Gasteiger partial charge on any atom is 0.326 e. The molecule has 2 aromatic rings. The summed E-state index contributed by atoms with van der Waals surface area (Å²) in [6, 6.07) is 5.08. The topological polar surface area (TPSA) is 85.4 Å². The summed E-state index contributed by atoms with van der Waals surface area (Å²) in [7, 11) is 0. The molecule has 0 radical (unpaired) electrons. The van der Waals surface area contributed by atoms with Crippen LogP contribution in [0.3, 0.4) is 0 Å². The number of aliphatic carboxylic acids is 1. The molecule has 0 bridgehead atoms. The van der Waals surface area contributed by atoms with E-state index in [0.717, 1.165) is 49.7 Å². The van der Waals surface area contributed by atoms with E-state index in [1.807, 2.05) is 18.2 Å². The van der Waals surface area contributed by atoms with E-state index >= 15 is 0 Å². The molecule has 1 atom stereocenters. The molecule has 3 aliphatic rings. The summed E-state index contributed by atoms with van der Waals surface area (Å²) in [5.41, 5.74) is 4.26. The van der Waals surface area contributed by atoms with Crippen molar-refractivity contribution in [2.24, 2.45) is 5.41 Å². The predicted octanol–water partition coefficient (Wildman–Crippen LogP) is 2.72. The van der Waals surface area contributed by atoms with Crippen molar-refractivity contribution in [1.29, 1.82) is 0 Å². The van der Waals surface area contributed by atoms with E-state index < -0.39 is 12.0 Å². The van der Waals surface area contributed by atoms with Crippen molar-refractivity contribution in [2.75, 3.05) is 19.6 Å². The van der Waals surface area contributed by atoms with Gasteiger partial charge in [-0.2, -0.15) is 0 Å². The molecule has 6 heteroatoms. The quantitative estimate of drug-likeness (QED) is 0.747. The van der Waals surface area contributed by atoms with Gasteiger partial charge in [0.15, 0.2) is 0 Å². The largest absolute Gasteiger partial charge is 0.480 e. The number of fused-ring (bicyclic) bond motifs is 3. The van der Waals surface area contributed by atoms with E-state index in [-0.39, 0.29) is 11.3 Å². The standard InChI is InChI=1S/C22H27N3O3/c26-20(25-13-22(7-9-23-10-8-22)12-19(25)21(27)28)14-5-6-18-16(11-14)15-3-1-2-4-17(15)24-18/h5-6,11,19,23-24H,1-4,7-10,12-13H2,(H,27,28)/t19-/m0/s1. The third-order valence-electron chi connectivity index (χ3n) is 7.06. The number of hydrogen-bond donors (Lipinski definition) is 3. The number of aromatic amines is 1. The number of carbonyl (C=O) groups is 2. The first-order valence-electron chi connectivity index (χ1n) is 10.4. The molecule has 28 heavy (non-hydrogen) atoms. The van der Waals surface area contributed by atoms with Gasteiger partial charge in [0.25, 0.3) is 5.91 Å². The summed E-state index contributed by atoms with van der Waals surface area (Å²) >= 11 is 0. The highest BCUT2D eigenvalue weighted by molar-refractivity contribution is 6.01. The number of benzene rings is 1. The van der Waals surface area contributed by atoms with Gasteiger partial charge in [-0.05, 0) is 87.2 Å². The fraction of sp³-hybridized carbons (Fsp3) is 0.545. The molecular weight excluding hydrogens is 354 g/mol. The van der Waals surface area contributed by atoms with E-state index in [4.69, 9.17) is 0 Å². The van der Waals surface area contributed by atoms with Crippen LogP contribution in [0.4, 0.5) is 0 Å². The number of aryl methyl sites for hydroxylation is 2. The van der Waals surface area contributed by atoms with E-state index in [0.29, 0.717) is 18.5 Å². The monoisotopic (exact) mass is 381 g/mol. The zero-order valence-corrected chi connectivity index (χ0v) is 16.1. The number of carboxylic acids is 1. The van der Waals surface area contributed by atoms with E-state index in [1.165, 1.54) is 24.1 Å². The van der Waals surface area contributed by atoms with Gasteiger partial charge in [-0.1, -0.05) is 0 Å². The minimum atomic E-state index is -0.885. The molecule has 1 aromatic heterocycles. The molecule has 1 amide bonds. The lowest BCUT2D eigenvalue weighted by molar-refractivity contribution is -0.141. The molecule has 1 aromatic carbocycles. The van der Waals surface area contributed by atoms with E-state index in [1.54, 1.807) is 4.90 Å². The molecule has 2 aliphatic heterocycles. The second kappa shape index (κ2) is 6.62. The fourth-order valence-electron chi connectivity index (χ4n) is 5.51. The summed E-state index contributed by atoms with van der Waals surface area (Å²) in [5.74, 6) is -1.03. The van der Waals surface area contributed by atoms with Crippen molar-refractivity contribution >= 4 is 22.8 Å². The third-order valence-corrected chi connectivity index (χ3v) is 7.06. The van der Waals surface area contributed by atoms with Crippen molar-refractivity contribution in [3.63, 3.8) is 0 Å². The molecule has 2 fully saturated rings. The zero-order chi connectivity index (χ0) is 19.3. The smallest absolute Gasteiger partial charge is 0.326 e. The first-order valence-corrected chi connectivity index (χ1v) is 10.4. The molecule has 3 N–H and O–H groups in total. The average molecular weight is 381 g/mol. The van der Waals surface area contributed by atoms with Gasteiger partial charge in [0.2, 0.25) is 0 Å². The van der Waals surface area contributed by atoms with Crippen LogP contribution in [-0.2, 0) is 17.6 Å². The lowest BCUT2D eigenvalue weighted by Crippen LogP contribution is -2.41. The highest BCUT2D eigenvalue weighted by atomic mass is 16.4. The first-order chi connectivity index (χ1) is 13.6. The number of nitrogens with zero attached hydrogens (tertiary/aromatic N) is 1. The van der Waals surface area contributed by atoms with Crippen LogP contribution in [0, 0.1) is 5.41 Å². The maximum atomic E-state index is 13.4. The zero-order valence-electron chi connectivity index (χ0n) is 16.1. The Kier molecular flexibility index (Phi) is 4.19.